The number of anilines is 1. The molecule has 4 atom stereocenters. The van der Waals surface area contributed by atoms with Crippen molar-refractivity contribution < 1.29 is 14.9 Å². The molecule has 2 aliphatic heterocycles. The number of hydrogen-bond donors (Lipinski definition) is 3. The van der Waals surface area contributed by atoms with Crippen LogP contribution in [0.25, 0.3) is 11.0 Å². The van der Waals surface area contributed by atoms with Crippen molar-refractivity contribution in [2.24, 2.45) is 10.8 Å². The van der Waals surface area contributed by atoms with Gasteiger partial charge in [0.05, 0.1) is 11.5 Å². The molecule has 9 heteroatoms. The minimum absolute atomic E-state index is 0.342. The van der Waals surface area contributed by atoms with Crippen LogP contribution in [0.1, 0.15) is 18.7 Å². The van der Waals surface area contributed by atoms with E-state index in [0.717, 1.165) is 5.39 Å². The summed E-state index contributed by atoms with van der Waals surface area (Å²) >= 11 is 0. The zero-order valence-corrected chi connectivity index (χ0v) is 12.1. The van der Waals surface area contributed by atoms with Gasteiger partial charge in [-0.05, 0) is 6.92 Å². The molecule has 9 nitrogen and oxygen atoms in total. The third-order valence-electron chi connectivity index (χ3n) is 4.18. The van der Waals surface area contributed by atoms with Gasteiger partial charge in [0.25, 0.3) is 0 Å². The molecule has 1 unspecified atom stereocenters. The largest absolute Gasteiger partial charge is 0.388 e. The smallest absolute Gasteiger partial charge is 0.164 e. The van der Waals surface area contributed by atoms with Crippen LogP contribution >= 0.6 is 0 Å². The van der Waals surface area contributed by atoms with Crippen LogP contribution in [0, 0.1) is 0 Å². The summed E-state index contributed by atoms with van der Waals surface area (Å²) in [5.41, 5.74) is 7.25. The SMILES string of the molecule is C[C@H]1OC(n2cc3c4c(ncnc42)N(C)N=C3N)[C@H](O)[C@@H]1O. The van der Waals surface area contributed by atoms with Gasteiger partial charge in [-0.3, -0.25) is 0 Å². The molecule has 0 aromatic carbocycles. The maximum Gasteiger partial charge on any atom is 0.164 e. The lowest BCUT2D eigenvalue weighted by Gasteiger charge is -2.19. The highest BCUT2D eigenvalue weighted by atomic mass is 16.6. The second-order valence-electron chi connectivity index (χ2n) is 5.57. The number of nitrogens with zero attached hydrogens (tertiary/aromatic N) is 5. The predicted octanol–water partition coefficient (Wildman–Crippen LogP) is -0.860. The Bertz CT molecular complexity index is 787. The zero-order chi connectivity index (χ0) is 15.6. The van der Waals surface area contributed by atoms with Gasteiger partial charge in [-0.15, -0.1) is 0 Å². The lowest BCUT2D eigenvalue weighted by molar-refractivity contribution is -0.0296. The van der Waals surface area contributed by atoms with Crippen molar-refractivity contribution >= 4 is 22.7 Å². The van der Waals surface area contributed by atoms with Gasteiger partial charge in [-0.2, -0.15) is 5.10 Å². The van der Waals surface area contributed by atoms with E-state index in [1.165, 1.54) is 6.33 Å². The van der Waals surface area contributed by atoms with Gasteiger partial charge in [0.15, 0.2) is 17.9 Å². The topological polar surface area (TPSA) is 122 Å². The lowest BCUT2D eigenvalue weighted by atomic mass is 10.1. The van der Waals surface area contributed by atoms with Crippen LogP contribution < -0.4 is 10.7 Å². The van der Waals surface area contributed by atoms with Crippen LogP contribution in [0.4, 0.5) is 5.82 Å². The number of hydrazone groups is 1. The molecule has 22 heavy (non-hydrogen) atoms. The third kappa shape index (κ3) is 1.61. The van der Waals surface area contributed by atoms with Crippen LogP contribution in [0.15, 0.2) is 17.6 Å². The molecule has 0 aliphatic carbocycles. The minimum atomic E-state index is -1.05. The molecule has 2 aliphatic rings. The Hall–Kier alpha value is -2.23. The second kappa shape index (κ2) is 4.38. The average molecular weight is 304 g/mol. The predicted molar refractivity (Wildman–Crippen MR) is 78.3 cm³/mol. The van der Waals surface area contributed by atoms with Gasteiger partial charge in [0, 0.05) is 18.8 Å². The van der Waals surface area contributed by atoms with E-state index in [4.69, 9.17) is 10.5 Å². The van der Waals surface area contributed by atoms with Gasteiger partial charge in [0.2, 0.25) is 0 Å². The Balaban J connectivity index is 1.94. The summed E-state index contributed by atoms with van der Waals surface area (Å²) in [6.45, 7) is 1.71. The zero-order valence-electron chi connectivity index (χ0n) is 12.1. The Morgan fingerprint density at radius 1 is 1.27 bits per heavy atom. The Labute approximate surface area is 125 Å². The van der Waals surface area contributed by atoms with E-state index in [1.54, 1.807) is 29.7 Å². The summed E-state index contributed by atoms with van der Waals surface area (Å²) < 4.78 is 7.34. The molecule has 2 aromatic heterocycles. The molecule has 4 heterocycles. The van der Waals surface area contributed by atoms with Crippen LogP contribution in [-0.2, 0) is 4.74 Å². The van der Waals surface area contributed by atoms with Gasteiger partial charge in [-0.1, -0.05) is 0 Å². The fourth-order valence-electron chi connectivity index (χ4n) is 3.02. The Morgan fingerprint density at radius 2 is 2.05 bits per heavy atom. The van der Waals surface area contributed by atoms with Crippen molar-refractivity contribution in [3.63, 3.8) is 0 Å². The van der Waals surface area contributed by atoms with E-state index < -0.39 is 24.5 Å². The maximum absolute atomic E-state index is 10.2. The Morgan fingerprint density at radius 3 is 2.73 bits per heavy atom. The standard InChI is InChI=1S/C13H16N6O3/c1-5-8(20)9(21)13(22-5)19-3-6-7-11(15-4-16-12(7)19)18(2)17-10(6)14/h3-5,8-9,13,20-21H,1-2H3,(H2,14,17)/t5-,8-,9-,13?/m1/s1. The molecule has 0 radical (unpaired) electrons. The summed E-state index contributed by atoms with van der Waals surface area (Å²) in [6, 6.07) is 0. The molecule has 0 spiro atoms. The normalized spacial score (nSPS) is 30.9. The van der Waals surface area contributed by atoms with E-state index in [2.05, 4.69) is 15.1 Å². The highest BCUT2D eigenvalue weighted by Crippen LogP contribution is 2.36. The molecule has 0 bridgehead atoms. The summed E-state index contributed by atoms with van der Waals surface area (Å²) in [5.74, 6) is 0.976. The van der Waals surface area contributed by atoms with Gasteiger partial charge >= 0.3 is 0 Å². The van der Waals surface area contributed by atoms with Crippen molar-refractivity contribution in [3.8, 4) is 0 Å². The monoisotopic (exact) mass is 304 g/mol. The minimum Gasteiger partial charge on any atom is -0.388 e. The van der Waals surface area contributed by atoms with E-state index in [9.17, 15) is 10.2 Å². The van der Waals surface area contributed by atoms with Gasteiger partial charge in [-0.25, -0.2) is 15.0 Å². The first-order valence-electron chi connectivity index (χ1n) is 6.94. The van der Waals surface area contributed by atoms with Gasteiger partial charge in [0.1, 0.15) is 24.2 Å². The molecule has 116 valence electrons. The molecule has 4 rings (SSSR count). The van der Waals surface area contributed by atoms with Gasteiger partial charge < -0.3 is 25.3 Å². The first kappa shape index (κ1) is 13.4. The second-order valence-corrected chi connectivity index (χ2v) is 5.57. The molecule has 0 amide bonds. The molecule has 1 fully saturated rings. The summed E-state index contributed by atoms with van der Waals surface area (Å²) in [6.07, 6.45) is -0.0549. The first-order valence-corrected chi connectivity index (χ1v) is 6.94. The summed E-state index contributed by atoms with van der Waals surface area (Å²) in [7, 11) is 1.75. The molecule has 2 aromatic rings. The van der Waals surface area contributed by atoms with Crippen LogP contribution in [0.2, 0.25) is 0 Å². The fourth-order valence-corrected chi connectivity index (χ4v) is 3.02. The maximum atomic E-state index is 10.2. The highest BCUT2D eigenvalue weighted by molar-refractivity contribution is 6.13. The van der Waals surface area contributed by atoms with E-state index >= 15 is 0 Å². The number of hydrogen-bond acceptors (Lipinski definition) is 8. The van der Waals surface area contributed by atoms with E-state index in [0.29, 0.717) is 22.9 Å². The molecule has 1 saturated heterocycles. The number of ether oxygens (including phenoxy) is 1. The van der Waals surface area contributed by atoms with Crippen molar-refractivity contribution in [1.29, 1.82) is 0 Å². The number of aliphatic hydroxyl groups is 2. The molecular formula is C13H16N6O3. The van der Waals surface area contributed by atoms with E-state index in [1.807, 2.05) is 0 Å². The Kier molecular flexibility index (Phi) is 2.68. The van der Waals surface area contributed by atoms with Crippen molar-refractivity contribution in [2.75, 3.05) is 12.1 Å². The summed E-state index contributed by atoms with van der Waals surface area (Å²) in [5, 5.41) is 26.7. The number of amidine groups is 1. The van der Waals surface area contributed by atoms with Crippen molar-refractivity contribution in [1.82, 2.24) is 14.5 Å². The highest BCUT2D eigenvalue weighted by Gasteiger charge is 2.42. The molecule has 4 N–H and O–H groups in total. The molecular weight excluding hydrogens is 288 g/mol. The number of aromatic nitrogens is 3. The van der Waals surface area contributed by atoms with Crippen LogP contribution in [0.3, 0.4) is 0 Å². The lowest BCUT2D eigenvalue weighted by Crippen LogP contribution is -2.30. The fraction of sp³-hybridized carbons (Fsp3) is 0.462. The first-order chi connectivity index (χ1) is 10.5. The number of aliphatic hydroxyl groups excluding tert-OH is 2. The van der Waals surface area contributed by atoms with Crippen LogP contribution in [0.5, 0.6) is 0 Å². The summed E-state index contributed by atoms with van der Waals surface area (Å²) in [4.78, 5) is 8.51. The van der Waals surface area contributed by atoms with Crippen LogP contribution in [-0.4, -0.2) is 55.9 Å². The number of rotatable bonds is 1. The molecule has 0 saturated carbocycles. The quantitative estimate of drug-likeness (QED) is 0.626. The average Bonchev–Trinajstić information content (AvgIpc) is 2.99. The van der Waals surface area contributed by atoms with E-state index in [-0.39, 0.29) is 0 Å². The number of nitrogens with two attached hydrogens (primary N) is 1. The van der Waals surface area contributed by atoms with Crippen molar-refractivity contribution in [3.05, 3.63) is 18.1 Å². The van der Waals surface area contributed by atoms with Crippen molar-refractivity contribution in [2.45, 2.75) is 31.5 Å². The third-order valence-corrected chi connectivity index (χ3v) is 4.18.